The van der Waals surface area contributed by atoms with E-state index >= 15 is 0 Å². The summed E-state index contributed by atoms with van der Waals surface area (Å²) in [5, 5.41) is 7.24. The molecule has 5 nitrogen and oxygen atoms in total. The highest BCUT2D eigenvalue weighted by atomic mass is 35.5. The summed E-state index contributed by atoms with van der Waals surface area (Å²) in [5.74, 6) is 1.75. The fourth-order valence-electron chi connectivity index (χ4n) is 2.21. The van der Waals surface area contributed by atoms with Crippen molar-refractivity contribution in [3.8, 4) is 17.2 Å². The van der Waals surface area contributed by atoms with Crippen molar-refractivity contribution in [2.75, 3.05) is 26.6 Å². The fourth-order valence-corrected chi connectivity index (χ4v) is 2.57. The molecule has 0 fully saturated rings. The van der Waals surface area contributed by atoms with Crippen molar-refractivity contribution in [1.82, 2.24) is 5.32 Å². The van der Waals surface area contributed by atoms with Crippen molar-refractivity contribution in [2.24, 2.45) is 0 Å². The van der Waals surface area contributed by atoms with Crippen molar-refractivity contribution in [3.05, 3.63) is 47.0 Å². The number of methoxy groups -OCH3 is 3. The van der Waals surface area contributed by atoms with E-state index in [1.807, 2.05) is 30.3 Å². The first-order chi connectivity index (χ1) is 11.6. The van der Waals surface area contributed by atoms with E-state index in [4.69, 9.17) is 38.0 Å². The quantitative estimate of drug-likeness (QED) is 0.757. The van der Waals surface area contributed by atoms with Gasteiger partial charge in [-0.3, -0.25) is 0 Å². The summed E-state index contributed by atoms with van der Waals surface area (Å²) in [6.07, 6.45) is 0. The molecule has 0 amide bonds. The van der Waals surface area contributed by atoms with Crippen LogP contribution in [0.2, 0.25) is 5.02 Å². The maximum absolute atomic E-state index is 6.11. The summed E-state index contributed by atoms with van der Waals surface area (Å²) < 4.78 is 16.1. The van der Waals surface area contributed by atoms with E-state index in [1.165, 1.54) is 0 Å². The summed E-state index contributed by atoms with van der Waals surface area (Å²) in [6, 6.07) is 11.1. The van der Waals surface area contributed by atoms with E-state index in [1.54, 1.807) is 27.4 Å². The molecular formula is C17H19ClN2O3S. The van der Waals surface area contributed by atoms with Gasteiger partial charge in [-0.2, -0.15) is 0 Å². The highest BCUT2D eigenvalue weighted by Gasteiger charge is 2.15. The number of hydrogen-bond acceptors (Lipinski definition) is 4. The Morgan fingerprint density at radius 3 is 2.33 bits per heavy atom. The van der Waals surface area contributed by atoms with Gasteiger partial charge in [-0.15, -0.1) is 0 Å². The Morgan fingerprint density at radius 1 is 1.00 bits per heavy atom. The molecule has 0 aliphatic rings. The van der Waals surface area contributed by atoms with Crippen LogP contribution >= 0.6 is 23.8 Å². The van der Waals surface area contributed by atoms with Gasteiger partial charge in [-0.25, -0.2) is 0 Å². The zero-order valence-electron chi connectivity index (χ0n) is 13.7. The molecule has 0 radical (unpaired) electrons. The van der Waals surface area contributed by atoms with Crippen LogP contribution in [-0.4, -0.2) is 26.4 Å². The van der Waals surface area contributed by atoms with E-state index in [-0.39, 0.29) is 0 Å². The van der Waals surface area contributed by atoms with Gasteiger partial charge in [-0.1, -0.05) is 23.7 Å². The van der Waals surface area contributed by atoms with Crippen LogP contribution in [0.25, 0.3) is 0 Å². The van der Waals surface area contributed by atoms with E-state index in [0.29, 0.717) is 33.9 Å². The Bertz CT molecular complexity index is 725. The lowest BCUT2D eigenvalue weighted by Gasteiger charge is -2.17. The lowest BCUT2D eigenvalue weighted by Crippen LogP contribution is -2.28. The third-order valence-corrected chi connectivity index (χ3v) is 3.92. The third-order valence-electron chi connectivity index (χ3n) is 3.35. The second-order valence-electron chi connectivity index (χ2n) is 4.78. The van der Waals surface area contributed by atoms with Crippen molar-refractivity contribution in [3.63, 3.8) is 0 Å². The average Bonchev–Trinajstić information content (AvgIpc) is 2.60. The van der Waals surface area contributed by atoms with Gasteiger partial charge in [0.05, 0.1) is 32.0 Å². The first kappa shape index (κ1) is 18.2. The topological polar surface area (TPSA) is 51.8 Å². The number of rotatable bonds is 6. The van der Waals surface area contributed by atoms with Crippen LogP contribution in [0, 0.1) is 0 Å². The van der Waals surface area contributed by atoms with E-state index < -0.39 is 0 Å². The lowest BCUT2D eigenvalue weighted by atomic mass is 10.1. The largest absolute Gasteiger partial charge is 0.493 e. The Labute approximate surface area is 151 Å². The Kier molecular flexibility index (Phi) is 6.52. The van der Waals surface area contributed by atoms with Crippen LogP contribution in [0.1, 0.15) is 5.56 Å². The van der Waals surface area contributed by atoms with Gasteiger partial charge in [-0.05, 0) is 36.5 Å². The molecule has 0 saturated heterocycles. The molecule has 2 rings (SSSR count). The van der Waals surface area contributed by atoms with Crippen molar-refractivity contribution < 1.29 is 14.2 Å². The second kappa shape index (κ2) is 8.61. The SMILES string of the molecule is COc1ccc(CNC(=S)Nc2ccccc2Cl)c(OC)c1OC. The monoisotopic (exact) mass is 366 g/mol. The molecule has 0 aliphatic carbocycles. The van der Waals surface area contributed by atoms with Gasteiger partial charge in [0.1, 0.15) is 0 Å². The summed E-state index contributed by atoms with van der Waals surface area (Å²) in [7, 11) is 4.74. The molecule has 7 heteroatoms. The van der Waals surface area contributed by atoms with E-state index in [2.05, 4.69) is 10.6 Å². The Morgan fingerprint density at radius 2 is 1.71 bits per heavy atom. The normalized spacial score (nSPS) is 10.0. The van der Waals surface area contributed by atoms with E-state index in [0.717, 1.165) is 11.3 Å². The molecule has 0 spiro atoms. The maximum atomic E-state index is 6.11. The van der Waals surface area contributed by atoms with Gasteiger partial charge >= 0.3 is 0 Å². The molecule has 0 aliphatic heterocycles. The third kappa shape index (κ3) is 4.21. The maximum Gasteiger partial charge on any atom is 0.203 e. The van der Waals surface area contributed by atoms with Gasteiger partial charge < -0.3 is 24.8 Å². The van der Waals surface area contributed by atoms with Gasteiger partial charge in [0.2, 0.25) is 5.75 Å². The number of hydrogen-bond donors (Lipinski definition) is 2. The predicted molar refractivity (Wildman–Crippen MR) is 101 cm³/mol. The molecule has 0 unspecified atom stereocenters. The molecule has 0 bridgehead atoms. The highest BCUT2D eigenvalue weighted by molar-refractivity contribution is 7.80. The minimum absolute atomic E-state index is 0.458. The summed E-state index contributed by atoms with van der Waals surface area (Å²) in [6.45, 7) is 0.458. The number of thiocarbonyl (C=S) groups is 1. The minimum atomic E-state index is 0.458. The molecular weight excluding hydrogens is 348 g/mol. The number of benzene rings is 2. The summed E-state index contributed by atoms with van der Waals surface area (Å²) in [4.78, 5) is 0. The van der Waals surface area contributed by atoms with Crippen molar-refractivity contribution in [1.29, 1.82) is 0 Å². The highest BCUT2D eigenvalue weighted by Crippen LogP contribution is 2.39. The summed E-state index contributed by atoms with van der Waals surface area (Å²) >= 11 is 11.4. The van der Waals surface area contributed by atoms with Crippen LogP contribution in [0.15, 0.2) is 36.4 Å². The standard InChI is InChI=1S/C17H19ClN2O3S/c1-21-14-9-8-11(15(22-2)16(14)23-3)10-19-17(24)20-13-7-5-4-6-12(13)18/h4-9H,10H2,1-3H3,(H2,19,20,24). The molecule has 0 atom stereocenters. The fraction of sp³-hybridized carbons (Fsp3) is 0.235. The second-order valence-corrected chi connectivity index (χ2v) is 5.60. The number of para-hydroxylation sites is 1. The zero-order chi connectivity index (χ0) is 17.5. The molecule has 2 aromatic carbocycles. The number of ether oxygens (including phenoxy) is 3. The summed E-state index contributed by atoms with van der Waals surface area (Å²) in [5.41, 5.74) is 1.63. The molecule has 2 N–H and O–H groups in total. The van der Waals surface area contributed by atoms with Gasteiger partial charge in [0.25, 0.3) is 0 Å². The van der Waals surface area contributed by atoms with Crippen LogP contribution in [-0.2, 0) is 6.54 Å². The van der Waals surface area contributed by atoms with Crippen LogP contribution in [0.4, 0.5) is 5.69 Å². The molecule has 0 saturated carbocycles. The zero-order valence-corrected chi connectivity index (χ0v) is 15.3. The molecule has 0 heterocycles. The predicted octanol–water partition coefficient (Wildman–Crippen LogP) is 3.85. The average molecular weight is 367 g/mol. The van der Waals surface area contributed by atoms with Crippen LogP contribution in [0.3, 0.4) is 0 Å². The first-order valence-electron chi connectivity index (χ1n) is 7.18. The Balaban J connectivity index is 2.09. The molecule has 24 heavy (non-hydrogen) atoms. The molecule has 0 aromatic heterocycles. The lowest BCUT2D eigenvalue weighted by molar-refractivity contribution is 0.322. The minimum Gasteiger partial charge on any atom is -0.493 e. The first-order valence-corrected chi connectivity index (χ1v) is 7.96. The van der Waals surface area contributed by atoms with Crippen molar-refractivity contribution in [2.45, 2.75) is 6.54 Å². The molecule has 128 valence electrons. The van der Waals surface area contributed by atoms with Crippen LogP contribution < -0.4 is 24.8 Å². The van der Waals surface area contributed by atoms with Gasteiger partial charge in [0.15, 0.2) is 16.6 Å². The number of halogens is 1. The smallest absolute Gasteiger partial charge is 0.203 e. The molecule has 2 aromatic rings. The van der Waals surface area contributed by atoms with Gasteiger partial charge in [0, 0.05) is 12.1 Å². The van der Waals surface area contributed by atoms with E-state index in [9.17, 15) is 0 Å². The number of nitrogens with one attached hydrogen (secondary N) is 2. The van der Waals surface area contributed by atoms with Crippen molar-refractivity contribution >= 4 is 34.6 Å². The Hall–Kier alpha value is -2.18. The van der Waals surface area contributed by atoms with Crippen LogP contribution in [0.5, 0.6) is 17.2 Å². The number of anilines is 1.